The minimum atomic E-state index is -0.841. The van der Waals surface area contributed by atoms with Gasteiger partial charge < -0.3 is 16.2 Å². The average Bonchev–Trinajstić information content (AvgIpc) is 2.48. The van der Waals surface area contributed by atoms with Crippen LogP contribution in [0.15, 0.2) is 78.6 Å². The van der Waals surface area contributed by atoms with Crippen LogP contribution in [0, 0.1) is 0 Å². The van der Waals surface area contributed by atoms with Gasteiger partial charge in [-0.2, -0.15) is 0 Å². The molecule has 3 heteroatoms. The van der Waals surface area contributed by atoms with Crippen molar-refractivity contribution in [2.24, 2.45) is 11.5 Å². The highest BCUT2D eigenvalue weighted by Gasteiger charge is 2.21. The van der Waals surface area contributed by atoms with Crippen molar-refractivity contribution < 1.29 is 4.74 Å². The van der Waals surface area contributed by atoms with Gasteiger partial charge in [-0.25, -0.2) is 0 Å². The highest BCUT2D eigenvalue weighted by Crippen LogP contribution is 2.32. The van der Waals surface area contributed by atoms with Crippen molar-refractivity contribution in [2.75, 3.05) is 0 Å². The molecule has 0 amide bonds. The zero-order chi connectivity index (χ0) is 14.7. The second kappa shape index (κ2) is 5.56. The van der Waals surface area contributed by atoms with E-state index in [-0.39, 0.29) is 0 Å². The molecule has 106 valence electrons. The summed E-state index contributed by atoms with van der Waals surface area (Å²) in [6, 6.07) is 18.1. The molecule has 3 rings (SSSR count). The van der Waals surface area contributed by atoms with Gasteiger partial charge in [-0.1, -0.05) is 54.6 Å². The first-order valence-corrected chi connectivity index (χ1v) is 6.92. The molecule has 3 nitrogen and oxygen atoms in total. The van der Waals surface area contributed by atoms with Crippen LogP contribution in [0.25, 0.3) is 11.1 Å². The summed E-state index contributed by atoms with van der Waals surface area (Å²) in [5.74, 6) is 1.58. The van der Waals surface area contributed by atoms with Crippen molar-refractivity contribution in [1.29, 1.82) is 0 Å². The maximum Gasteiger partial charge on any atom is 0.134 e. The maximum atomic E-state index is 6.03. The smallest absolute Gasteiger partial charge is 0.134 e. The van der Waals surface area contributed by atoms with E-state index in [0.29, 0.717) is 6.42 Å². The van der Waals surface area contributed by atoms with Gasteiger partial charge >= 0.3 is 0 Å². The van der Waals surface area contributed by atoms with Crippen LogP contribution in [0.3, 0.4) is 0 Å². The molecule has 1 aliphatic rings. The molecule has 0 saturated heterocycles. The van der Waals surface area contributed by atoms with E-state index in [4.69, 9.17) is 16.2 Å². The molecule has 0 aliphatic heterocycles. The number of para-hydroxylation sites is 1. The summed E-state index contributed by atoms with van der Waals surface area (Å²) in [6.45, 7) is 0. The quantitative estimate of drug-likeness (QED) is 0.848. The molecule has 21 heavy (non-hydrogen) atoms. The molecule has 1 aliphatic carbocycles. The SMILES string of the molecule is NC1(N)C=CC=C(Oc2ccccc2-c2ccccc2)C1. The molecule has 4 N–H and O–H groups in total. The Morgan fingerprint density at radius 1 is 0.905 bits per heavy atom. The lowest BCUT2D eigenvalue weighted by Gasteiger charge is -2.25. The summed E-state index contributed by atoms with van der Waals surface area (Å²) >= 11 is 0. The Labute approximate surface area is 124 Å². The van der Waals surface area contributed by atoms with Crippen molar-refractivity contribution >= 4 is 0 Å². The lowest BCUT2D eigenvalue weighted by Crippen LogP contribution is -2.48. The highest BCUT2D eigenvalue weighted by molar-refractivity contribution is 5.70. The molecule has 2 aromatic carbocycles. The molecule has 0 bridgehead atoms. The first-order valence-electron chi connectivity index (χ1n) is 6.92. The third kappa shape index (κ3) is 3.21. The third-order valence-corrected chi connectivity index (χ3v) is 3.38. The van der Waals surface area contributed by atoms with Crippen LogP contribution in [-0.4, -0.2) is 5.66 Å². The zero-order valence-corrected chi connectivity index (χ0v) is 11.7. The van der Waals surface area contributed by atoms with Crippen molar-refractivity contribution in [3.63, 3.8) is 0 Å². The van der Waals surface area contributed by atoms with Gasteiger partial charge in [0.2, 0.25) is 0 Å². The van der Waals surface area contributed by atoms with E-state index >= 15 is 0 Å². The summed E-state index contributed by atoms with van der Waals surface area (Å²) in [7, 11) is 0. The van der Waals surface area contributed by atoms with Gasteiger partial charge in [-0.3, -0.25) is 0 Å². The molecule has 0 spiro atoms. The van der Waals surface area contributed by atoms with E-state index in [9.17, 15) is 0 Å². The minimum Gasteiger partial charge on any atom is -0.461 e. The molecular weight excluding hydrogens is 260 g/mol. The van der Waals surface area contributed by atoms with Gasteiger partial charge in [-0.15, -0.1) is 0 Å². The Kier molecular flexibility index (Phi) is 3.60. The highest BCUT2D eigenvalue weighted by atomic mass is 16.5. The van der Waals surface area contributed by atoms with E-state index in [1.165, 1.54) is 0 Å². The van der Waals surface area contributed by atoms with Gasteiger partial charge in [0.05, 0.1) is 5.66 Å². The van der Waals surface area contributed by atoms with Gasteiger partial charge in [0.15, 0.2) is 0 Å². The summed E-state index contributed by atoms with van der Waals surface area (Å²) in [4.78, 5) is 0. The summed E-state index contributed by atoms with van der Waals surface area (Å²) in [6.07, 6.45) is 6.00. The van der Waals surface area contributed by atoms with E-state index in [2.05, 4.69) is 12.1 Å². The lowest BCUT2D eigenvalue weighted by atomic mass is 10.0. The number of hydrogen-bond acceptors (Lipinski definition) is 3. The Bertz CT molecular complexity index is 687. The number of hydrogen-bond donors (Lipinski definition) is 2. The van der Waals surface area contributed by atoms with Crippen LogP contribution in [0.1, 0.15) is 6.42 Å². The van der Waals surface area contributed by atoms with Crippen molar-refractivity contribution in [3.8, 4) is 16.9 Å². The van der Waals surface area contributed by atoms with Gasteiger partial charge in [0.1, 0.15) is 11.5 Å². The van der Waals surface area contributed by atoms with Crippen LogP contribution in [0.2, 0.25) is 0 Å². The molecule has 0 radical (unpaired) electrons. The van der Waals surface area contributed by atoms with Crippen LogP contribution in [0.4, 0.5) is 0 Å². The largest absolute Gasteiger partial charge is 0.461 e. The van der Waals surface area contributed by atoms with E-state index in [1.54, 1.807) is 6.08 Å². The number of ether oxygens (including phenoxy) is 1. The van der Waals surface area contributed by atoms with Crippen LogP contribution in [0.5, 0.6) is 5.75 Å². The molecule has 2 aromatic rings. The van der Waals surface area contributed by atoms with Crippen LogP contribution >= 0.6 is 0 Å². The maximum absolute atomic E-state index is 6.03. The van der Waals surface area contributed by atoms with Gasteiger partial charge in [-0.05, 0) is 23.8 Å². The monoisotopic (exact) mass is 278 g/mol. The van der Waals surface area contributed by atoms with Gasteiger partial charge in [0, 0.05) is 12.0 Å². The van der Waals surface area contributed by atoms with Crippen LogP contribution in [-0.2, 0) is 0 Å². The summed E-state index contributed by atoms with van der Waals surface area (Å²) in [5.41, 5.74) is 13.2. The molecule has 0 saturated carbocycles. The van der Waals surface area contributed by atoms with Crippen molar-refractivity contribution in [2.45, 2.75) is 12.1 Å². The average molecular weight is 278 g/mol. The van der Waals surface area contributed by atoms with E-state index < -0.39 is 5.66 Å². The minimum absolute atomic E-state index is 0.479. The second-order valence-corrected chi connectivity index (χ2v) is 5.25. The van der Waals surface area contributed by atoms with Crippen LogP contribution < -0.4 is 16.2 Å². The summed E-state index contributed by atoms with van der Waals surface area (Å²) in [5, 5.41) is 0. The number of benzene rings is 2. The third-order valence-electron chi connectivity index (χ3n) is 3.38. The fourth-order valence-electron chi connectivity index (χ4n) is 2.38. The standard InChI is InChI=1S/C18H18N2O/c19-18(20)12-6-9-15(13-18)21-17-11-5-4-10-16(17)14-7-2-1-3-8-14/h1-12H,13,19-20H2. The number of rotatable bonds is 3. The Morgan fingerprint density at radius 2 is 1.62 bits per heavy atom. The zero-order valence-electron chi connectivity index (χ0n) is 11.7. The first-order chi connectivity index (χ1) is 10.1. The molecular formula is C18H18N2O. The Morgan fingerprint density at radius 3 is 2.38 bits per heavy atom. The molecule has 0 heterocycles. The topological polar surface area (TPSA) is 61.3 Å². The summed E-state index contributed by atoms with van der Waals surface area (Å²) < 4.78 is 6.03. The first kappa shape index (κ1) is 13.6. The fourth-order valence-corrected chi connectivity index (χ4v) is 2.38. The predicted molar refractivity (Wildman–Crippen MR) is 85.5 cm³/mol. The Hall–Kier alpha value is -2.36. The van der Waals surface area contributed by atoms with Crippen molar-refractivity contribution in [3.05, 3.63) is 78.6 Å². The number of nitrogens with two attached hydrogens (primary N) is 2. The van der Waals surface area contributed by atoms with Crippen molar-refractivity contribution in [1.82, 2.24) is 0 Å². The Balaban J connectivity index is 1.91. The molecule has 0 atom stereocenters. The number of allylic oxidation sites excluding steroid dienone is 2. The fraction of sp³-hybridized carbons (Fsp3) is 0.111. The lowest BCUT2D eigenvalue weighted by molar-refractivity contribution is 0.363. The predicted octanol–water partition coefficient (Wildman–Crippen LogP) is 3.19. The van der Waals surface area contributed by atoms with Gasteiger partial charge in [0.25, 0.3) is 0 Å². The molecule has 0 fully saturated rings. The molecule has 0 unspecified atom stereocenters. The normalized spacial score (nSPS) is 16.4. The molecule has 0 aromatic heterocycles. The van der Waals surface area contributed by atoms with E-state index in [0.717, 1.165) is 22.6 Å². The second-order valence-electron chi connectivity index (χ2n) is 5.25. The van der Waals surface area contributed by atoms with E-state index in [1.807, 2.05) is 54.6 Å².